The van der Waals surface area contributed by atoms with Crippen molar-refractivity contribution in [1.29, 1.82) is 0 Å². The van der Waals surface area contributed by atoms with Gasteiger partial charge >= 0.3 is 6.18 Å². The molecule has 0 aliphatic heterocycles. The maximum Gasteiger partial charge on any atom is 0.416 e. The van der Waals surface area contributed by atoms with Gasteiger partial charge in [0.1, 0.15) is 0 Å². The van der Waals surface area contributed by atoms with Gasteiger partial charge in [-0.2, -0.15) is 13.2 Å². The molecule has 0 amide bonds. The first-order chi connectivity index (χ1) is 7.55. The van der Waals surface area contributed by atoms with Gasteiger partial charge in [-0.25, -0.2) is 0 Å². The van der Waals surface area contributed by atoms with Crippen molar-refractivity contribution in [1.82, 2.24) is 5.32 Å². The second kappa shape index (κ2) is 5.86. The van der Waals surface area contributed by atoms with Crippen molar-refractivity contribution < 1.29 is 13.2 Å². The summed E-state index contributed by atoms with van der Waals surface area (Å²) in [5, 5.41) is 2.94. The summed E-state index contributed by atoms with van der Waals surface area (Å²) in [6, 6.07) is 5.58. The fourth-order valence-electron chi connectivity index (χ4n) is 1.40. The molecule has 1 rings (SSSR count). The highest BCUT2D eigenvalue weighted by molar-refractivity contribution is 5.29. The molecule has 2 nitrogen and oxygen atoms in total. The van der Waals surface area contributed by atoms with Crippen molar-refractivity contribution >= 4 is 0 Å². The molecule has 0 spiro atoms. The van der Waals surface area contributed by atoms with Crippen LogP contribution in [0.2, 0.25) is 0 Å². The fourth-order valence-corrected chi connectivity index (χ4v) is 1.40. The van der Waals surface area contributed by atoms with Crippen molar-refractivity contribution in [3.05, 3.63) is 35.4 Å². The summed E-state index contributed by atoms with van der Waals surface area (Å²) in [4.78, 5) is 0. The number of alkyl halides is 3. The van der Waals surface area contributed by atoms with Crippen LogP contribution in [0, 0.1) is 0 Å². The zero-order valence-corrected chi connectivity index (χ0v) is 8.85. The minimum Gasteiger partial charge on any atom is -0.330 e. The van der Waals surface area contributed by atoms with Gasteiger partial charge in [0.2, 0.25) is 0 Å². The fraction of sp³-hybridized carbons (Fsp3) is 0.455. The van der Waals surface area contributed by atoms with Crippen LogP contribution in [-0.2, 0) is 12.7 Å². The maximum absolute atomic E-state index is 12.6. The minimum atomic E-state index is -4.29. The maximum atomic E-state index is 12.6. The van der Waals surface area contributed by atoms with Crippen LogP contribution in [0.3, 0.4) is 0 Å². The Morgan fingerprint density at radius 2 is 1.88 bits per heavy atom. The SMILES string of the molecule is NCCCNCc1ccccc1C(F)(F)F. The molecule has 0 atom stereocenters. The van der Waals surface area contributed by atoms with E-state index >= 15 is 0 Å². The molecule has 1 aromatic carbocycles. The lowest BCUT2D eigenvalue weighted by Gasteiger charge is -2.12. The highest BCUT2D eigenvalue weighted by atomic mass is 19.4. The zero-order valence-electron chi connectivity index (χ0n) is 8.85. The van der Waals surface area contributed by atoms with Crippen molar-refractivity contribution in [2.24, 2.45) is 5.73 Å². The number of benzene rings is 1. The average molecular weight is 232 g/mol. The number of nitrogens with one attached hydrogen (secondary N) is 1. The normalized spacial score (nSPS) is 11.8. The monoisotopic (exact) mass is 232 g/mol. The Bertz CT molecular complexity index is 323. The molecule has 0 fully saturated rings. The Morgan fingerprint density at radius 3 is 2.50 bits per heavy atom. The Kier molecular flexibility index (Phi) is 4.76. The second-order valence-corrected chi connectivity index (χ2v) is 3.47. The van der Waals surface area contributed by atoms with Crippen molar-refractivity contribution in [3.8, 4) is 0 Å². The van der Waals surface area contributed by atoms with Crippen molar-refractivity contribution in [3.63, 3.8) is 0 Å². The molecule has 0 aromatic heterocycles. The first-order valence-electron chi connectivity index (χ1n) is 5.11. The molecule has 5 heteroatoms. The number of rotatable bonds is 5. The predicted octanol–water partition coefficient (Wildman–Crippen LogP) is 2.14. The van der Waals surface area contributed by atoms with Crippen LogP contribution in [0.15, 0.2) is 24.3 Å². The Balaban J connectivity index is 2.65. The number of nitrogens with two attached hydrogens (primary N) is 1. The summed E-state index contributed by atoms with van der Waals surface area (Å²) in [6.45, 7) is 1.38. The largest absolute Gasteiger partial charge is 0.416 e. The lowest BCUT2D eigenvalue weighted by atomic mass is 10.1. The quantitative estimate of drug-likeness (QED) is 0.763. The lowest BCUT2D eigenvalue weighted by molar-refractivity contribution is -0.138. The Labute approximate surface area is 92.6 Å². The Morgan fingerprint density at radius 1 is 1.19 bits per heavy atom. The molecule has 0 aliphatic carbocycles. The van der Waals surface area contributed by atoms with Gasteiger partial charge in [-0.15, -0.1) is 0 Å². The second-order valence-electron chi connectivity index (χ2n) is 3.47. The molecule has 16 heavy (non-hydrogen) atoms. The number of hydrogen-bond donors (Lipinski definition) is 2. The molecule has 0 saturated heterocycles. The van der Waals surface area contributed by atoms with Crippen LogP contribution in [0.25, 0.3) is 0 Å². The van der Waals surface area contributed by atoms with E-state index in [1.54, 1.807) is 6.07 Å². The summed E-state index contributed by atoms with van der Waals surface area (Å²) in [6.07, 6.45) is -3.53. The Hall–Kier alpha value is -1.07. The standard InChI is InChI=1S/C11H15F3N2/c12-11(13,14)10-5-2-1-4-9(10)8-16-7-3-6-15/h1-2,4-5,16H,3,6-8,15H2. The summed E-state index contributed by atoms with van der Waals surface area (Å²) in [5.74, 6) is 0. The smallest absolute Gasteiger partial charge is 0.330 e. The third kappa shape index (κ3) is 3.83. The van der Waals surface area contributed by atoms with Gasteiger partial charge in [0.25, 0.3) is 0 Å². The molecule has 0 heterocycles. The molecule has 0 aliphatic rings. The van der Waals surface area contributed by atoms with E-state index in [2.05, 4.69) is 5.32 Å². The molecule has 0 radical (unpaired) electrons. The number of hydrogen-bond acceptors (Lipinski definition) is 2. The van der Waals surface area contributed by atoms with Gasteiger partial charge in [0.15, 0.2) is 0 Å². The third-order valence-electron chi connectivity index (χ3n) is 2.20. The van der Waals surface area contributed by atoms with E-state index in [1.165, 1.54) is 12.1 Å². The summed E-state index contributed by atoms with van der Waals surface area (Å²) < 4.78 is 37.7. The van der Waals surface area contributed by atoms with Crippen molar-refractivity contribution in [2.45, 2.75) is 19.1 Å². The van der Waals surface area contributed by atoms with Crippen LogP contribution < -0.4 is 11.1 Å². The van der Waals surface area contributed by atoms with Gasteiger partial charge < -0.3 is 11.1 Å². The van der Waals surface area contributed by atoms with Crippen LogP contribution >= 0.6 is 0 Å². The van der Waals surface area contributed by atoms with Gasteiger partial charge in [0, 0.05) is 6.54 Å². The first-order valence-corrected chi connectivity index (χ1v) is 5.11. The molecule has 90 valence electrons. The van der Waals surface area contributed by atoms with E-state index in [0.29, 0.717) is 13.1 Å². The number of halogens is 3. The van der Waals surface area contributed by atoms with Gasteiger partial charge in [0.05, 0.1) is 5.56 Å². The van der Waals surface area contributed by atoms with Crippen LogP contribution in [-0.4, -0.2) is 13.1 Å². The van der Waals surface area contributed by atoms with Gasteiger partial charge in [-0.05, 0) is 31.1 Å². The molecule has 3 N–H and O–H groups in total. The minimum absolute atomic E-state index is 0.218. The summed E-state index contributed by atoms with van der Waals surface area (Å²) in [5.41, 5.74) is 4.98. The first kappa shape index (κ1) is 13.0. The predicted molar refractivity (Wildman–Crippen MR) is 56.8 cm³/mol. The van der Waals surface area contributed by atoms with Crippen molar-refractivity contribution in [2.75, 3.05) is 13.1 Å². The molecular formula is C11H15F3N2. The van der Waals surface area contributed by atoms with E-state index < -0.39 is 11.7 Å². The lowest BCUT2D eigenvalue weighted by Crippen LogP contribution is -2.20. The molecular weight excluding hydrogens is 217 g/mol. The highest BCUT2D eigenvalue weighted by Crippen LogP contribution is 2.31. The van der Waals surface area contributed by atoms with Gasteiger partial charge in [-0.3, -0.25) is 0 Å². The van der Waals surface area contributed by atoms with E-state index in [-0.39, 0.29) is 12.1 Å². The topological polar surface area (TPSA) is 38.0 Å². The average Bonchev–Trinajstić information content (AvgIpc) is 2.24. The van der Waals surface area contributed by atoms with Crippen LogP contribution in [0.1, 0.15) is 17.5 Å². The van der Waals surface area contributed by atoms with E-state index in [4.69, 9.17) is 5.73 Å². The van der Waals surface area contributed by atoms with Crippen LogP contribution in [0.4, 0.5) is 13.2 Å². The summed E-state index contributed by atoms with van der Waals surface area (Å²) in [7, 11) is 0. The summed E-state index contributed by atoms with van der Waals surface area (Å²) >= 11 is 0. The molecule has 0 bridgehead atoms. The zero-order chi connectivity index (χ0) is 12.0. The molecule has 1 aromatic rings. The highest BCUT2D eigenvalue weighted by Gasteiger charge is 2.32. The van der Waals surface area contributed by atoms with E-state index in [0.717, 1.165) is 12.5 Å². The molecule has 0 saturated carbocycles. The van der Waals surface area contributed by atoms with E-state index in [9.17, 15) is 13.2 Å². The van der Waals surface area contributed by atoms with E-state index in [1.807, 2.05) is 0 Å². The van der Waals surface area contributed by atoms with Crippen LogP contribution in [0.5, 0.6) is 0 Å². The van der Waals surface area contributed by atoms with Gasteiger partial charge in [-0.1, -0.05) is 18.2 Å². The third-order valence-corrected chi connectivity index (χ3v) is 2.20. The molecule has 0 unspecified atom stereocenters.